The van der Waals surface area contributed by atoms with Crippen molar-refractivity contribution in [2.45, 2.75) is 26.9 Å². The van der Waals surface area contributed by atoms with Crippen molar-refractivity contribution in [1.82, 2.24) is 34.5 Å². The number of nitrogens with zero attached hydrogens (tertiary/aromatic N) is 8. The largest absolute Gasteiger partial charge is 0.389 e. The van der Waals surface area contributed by atoms with Gasteiger partial charge in [-0.05, 0) is 63.2 Å². The molecule has 0 fully saturated rings. The topological polar surface area (TPSA) is 130 Å². The van der Waals surface area contributed by atoms with E-state index in [-0.39, 0.29) is 5.69 Å². The van der Waals surface area contributed by atoms with Crippen molar-refractivity contribution < 1.29 is 5.11 Å². The minimum atomic E-state index is -0.851. The number of imidazole rings is 1. The maximum Gasteiger partial charge on any atom is 0.163 e. The Morgan fingerprint density at radius 1 is 1.09 bits per heavy atom. The number of benzene rings is 1. The standard InChI is InChI=1S/C24H20ClN9O/c1-13-4-7-22(31-30-13)28-16-5-6-21-20(9-16)27-12-33(21)24-19(25)10-18(15(3)35)23(29-24)34-14(2)8-17(11-26)32-34/h4-10,12,15,35H,1-3H3,(H,28,31). The molecule has 5 aromatic rings. The third-order valence-corrected chi connectivity index (χ3v) is 5.74. The molecule has 0 amide bonds. The summed E-state index contributed by atoms with van der Waals surface area (Å²) in [5, 5.41) is 35.7. The van der Waals surface area contributed by atoms with Gasteiger partial charge in [-0.2, -0.15) is 15.5 Å². The summed E-state index contributed by atoms with van der Waals surface area (Å²) in [5.74, 6) is 1.44. The molecule has 1 aromatic carbocycles. The van der Waals surface area contributed by atoms with Gasteiger partial charge in [-0.25, -0.2) is 14.6 Å². The number of hydrogen-bond acceptors (Lipinski definition) is 8. The number of aryl methyl sites for hydroxylation is 2. The third-order valence-electron chi connectivity index (χ3n) is 5.46. The molecule has 4 aromatic heterocycles. The zero-order chi connectivity index (χ0) is 24.7. The molecule has 1 atom stereocenters. The van der Waals surface area contributed by atoms with E-state index in [0.29, 0.717) is 33.7 Å². The summed E-state index contributed by atoms with van der Waals surface area (Å²) >= 11 is 6.62. The Balaban J connectivity index is 1.59. The van der Waals surface area contributed by atoms with Crippen LogP contribution in [0.2, 0.25) is 5.02 Å². The number of nitrogens with one attached hydrogen (secondary N) is 1. The third kappa shape index (κ3) is 4.19. The van der Waals surface area contributed by atoms with Crippen molar-refractivity contribution >= 4 is 34.1 Å². The minimum Gasteiger partial charge on any atom is -0.389 e. The molecule has 5 rings (SSSR count). The molecule has 174 valence electrons. The molecule has 0 radical (unpaired) electrons. The van der Waals surface area contributed by atoms with Gasteiger partial charge in [-0.3, -0.25) is 4.57 Å². The number of halogens is 1. The molecule has 4 heterocycles. The van der Waals surface area contributed by atoms with Gasteiger partial charge >= 0.3 is 0 Å². The molecule has 0 aliphatic rings. The highest BCUT2D eigenvalue weighted by atomic mass is 35.5. The summed E-state index contributed by atoms with van der Waals surface area (Å²) < 4.78 is 3.30. The van der Waals surface area contributed by atoms with E-state index < -0.39 is 6.10 Å². The molecule has 0 bridgehead atoms. The van der Waals surface area contributed by atoms with E-state index in [4.69, 9.17) is 16.6 Å². The quantitative estimate of drug-likeness (QED) is 0.376. The molecule has 11 heteroatoms. The maximum absolute atomic E-state index is 10.4. The Labute approximate surface area is 205 Å². The zero-order valence-corrected chi connectivity index (χ0v) is 19.9. The maximum atomic E-state index is 10.4. The minimum absolute atomic E-state index is 0.253. The lowest BCUT2D eigenvalue weighted by Crippen LogP contribution is -2.11. The second-order valence-electron chi connectivity index (χ2n) is 8.08. The average Bonchev–Trinajstić information content (AvgIpc) is 3.43. The molecular weight excluding hydrogens is 466 g/mol. The van der Waals surface area contributed by atoms with Gasteiger partial charge in [-0.1, -0.05) is 11.6 Å². The summed E-state index contributed by atoms with van der Waals surface area (Å²) in [6.45, 7) is 5.32. The second-order valence-corrected chi connectivity index (χ2v) is 8.49. The fourth-order valence-corrected chi connectivity index (χ4v) is 4.00. The van der Waals surface area contributed by atoms with Crippen LogP contribution >= 0.6 is 11.6 Å². The Hall–Kier alpha value is -4.33. The van der Waals surface area contributed by atoms with Crippen LogP contribution in [0.5, 0.6) is 0 Å². The number of aliphatic hydroxyl groups is 1. The Morgan fingerprint density at radius 2 is 1.91 bits per heavy atom. The van der Waals surface area contributed by atoms with E-state index in [2.05, 4.69) is 25.6 Å². The van der Waals surface area contributed by atoms with Crippen LogP contribution in [0.25, 0.3) is 22.7 Å². The number of rotatable bonds is 5. The molecule has 0 spiro atoms. The van der Waals surface area contributed by atoms with Crippen LogP contribution in [0.4, 0.5) is 11.5 Å². The first-order valence-corrected chi connectivity index (χ1v) is 11.1. The number of aliphatic hydroxyl groups excluding tert-OH is 1. The zero-order valence-electron chi connectivity index (χ0n) is 19.1. The first-order chi connectivity index (χ1) is 16.8. The van der Waals surface area contributed by atoms with Gasteiger partial charge in [0.1, 0.15) is 12.4 Å². The van der Waals surface area contributed by atoms with E-state index in [1.165, 1.54) is 4.68 Å². The highest BCUT2D eigenvalue weighted by Gasteiger charge is 2.20. The molecule has 1 unspecified atom stereocenters. The van der Waals surface area contributed by atoms with Gasteiger partial charge in [0, 0.05) is 16.9 Å². The van der Waals surface area contributed by atoms with E-state index >= 15 is 0 Å². The molecule has 10 nitrogen and oxygen atoms in total. The molecule has 2 N–H and O–H groups in total. The fraction of sp³-hybridized carbons (Fsp3) is 0.167. The normalized spacial score (nSPS) is 12.0. The molecule has 35 heavy (non-hydrogen) atoms. The van der Waals surface area contributed by atoms with Gasteiger partial charge in [0.15, 0.2) is 23.1 Å². The lowest BCUT2D eigenvalue weighted by molar-refractivity contribution is 0.198. The Kier molecular flexibility index (Phi) is 5.64. The van der Waals surface area contributed by atoms with E-state index in [1.807, 2.05) is 50.2 Å². The Morgan fingerprint density at radius 3 is 2.60 bits per heavy atom. The van der Waals surface area contributed by atoms with E-state index in [1.54, 1.807) is 30.0 Å². The molecule has 0 saturated heterocycles. The highest BCUT2D eigenvalue weighted by molar-refractivity contribution is 6.32. The van der Waals surface area contributed by atoms with Crippen molar-refractivity contribution in [3.05, 3.63) is 76.5 Å². The van der Waals surface area contributed by atoms with Gasteiger partial charge in [0.25, 0.3) is 0 Å². The van der Waals surface area contributed by atoms with Crippen LogP contribution in [-0.4, -0.2) is 39.6 Å². The number of nitriles is 1. The summed E-state index contributed by atoms with van der Waals surface area (Å²) in [5.41, 5.74) is 4.59. The summed E-state index contributed by atoms with van der Waals surface area (Å²) in [7, 11) is 0. The molecule has 0 aliphatic heterocycles. The number of aromatic nitrogens is 7. The number of fused-ring (bicyclic) bond motifs is 1. The van der Waals surface area contributed by atoms with Crippen molar-refractivity contribution in [2.24, 2.45) is 0 Å². The van der Waals surface area contributed by atoms with Crippen molar-refractivity contribution in [3.63, 3.8) is 0 Å². The van der Waals surface area contributed by atoms with Crippen LogP contribution in [-0.2, 0) is 0 Å². The van der Waals surface area contributed by atoms with Gasteiger partial charge in [-0.15, -0.1) is 5.10 Å². The fourth-order valence-electron chi connectivity index (χ4n) is 3.75. The summed E-state index contributed by atoms with van der Waals surface area (Å²) in [4.78, 5) is 9.27. The lowest BCUT2D eigenvalue weighted by Gasteiger charge is -2.16. The first-order valence-electron chi connectivity index (χ1n) is 10.7. The van der Waals surface area contributed by atoms with Crippen molar-refractivity contribution in [3.8, 4) is 17.7 Å². The smallest absolute Gasteiger partial charge is 0.163 e. The lowest BCUT2D eigenvalue weighted by atomic mass is 10.1. The van der Waals surface area contributed by atoms with E-state index in [0.717, 1.165) is 22.4 Å². The Bertz CT molecular complexity index is 1600. The second kappa shape index (κ2) is 8.79. The van der Waals surface area contributed by atoms with Gasteiger partial charge < -0.3 is 10.4 Å². The summed E-state index contributed by atoms with van der Waals surface area (Å²) in [6.07, 6.45) is 0.785. The van der Waals surface area contributed by atoms with Crippen molar-refractivity contribution in [1.29, 1.82) is 5.26 Å². The van der Waals surface area contributed by atoms with Gasteiger partial charge in [0.2, 0.25) is 0 Å². The van der Waals surface area contributed by atoms with Crippen LogP contribution in [0.15, 0.2) is 48.8 Å². The number of pyridine rings is 1. The van der Waals surface area contributed by atoms with E-state index in [9.17, 15) is 10.4 Å². The van der Waals surface area contributed by atoms with Crippen LogP contribution < -0.4 is 5.32 Å². The van der Waals surface area contributed by atoms with Crippen LogP contribution in [0.3, 0.4) is 0 Å². The predicted octanol–water partition coefficient (Wildman–Crippen LogP) is 4.34. The molecule has 0 aliphatic carbocycles. The SMILES string of the molecule is Cc1ccc(Nc2ccc3c(c2)ncn3-c2nc(-n3nc(C#N)cc3C)c(C(C)O)cc2Cl)nn1. The van der Waals surface area contributed by atoms with Crippen LogP contribution in [0.1, 0.15) is 35.7 Å². The first kappa shape index (κ1) is 22.5. The number of hydrogen-bond donors (Lipinski definition) is 2. The highest BCUT2D eigenvalue weighted by Crippen LogP contribution is 2.31. The number of anilines is 2. The van der Waals surface area contributed by atoms with Crippen LogP contribution in [0, 0.1) is 25.2 Å². The van der Waals surface area contributed by atoms with Crippen molar-refractivity contribution in [2.75, 3.05) is 5.32 Å². The predicted molar refractivity (Wildman–Crippen MR) is 131 cm³/mol. The molecular formula is C24H20ClN9O. The van der Waals surface area contributed by atoms with Gasteiger partial charge in [0.05, 0.1) is 27.9 Å². The molecule has 0 saturated carbocycles. The average molecular weight is 486 g/mol. The monoisotopic (exact) mass is 485 g/mol. The summed E-state index contributed by atoms with van der Waals surface area (Å²) in [6, 6.07) is 14.8.